The molecule has 1 amide bonds. The molecule has 3 unspecified atom stereocenters. The van der Waals surface area contributed by atoms with E-state index in [4.69, 9.17) is 0 Å². The lowest BCUT2D eigenvalue weighted by molar-refractivity contribution is -0.123. The molecule has 2 N–H and O–H groups in total. The van der Waals surface area contributed by atoms with Crippen molar-refractivity contribution in [2.24, 2.45) is 11.3 Å². The van der Waals surface area contributed by atoms with Crippen LogP contribution in [0.2, 0.25) is 0 Å². The summed E-state index contributed by atoms with van der Waals surface area (Å²) in [5.74, 6) is 0.460. The van der Waals surface area contributed by atoms with Crippen molar-refractivity contribution in [2.45, 2.75) is 38.8 Å². The fraction of sp³-hybridized carbons (Fsp3) is 0.714. The minimum Gasteiger partial charge on any atom is -0.352 e. The number of nitrogens with one attached hydrogen (secondary N) is 2. The topological polar surface area (TPSA) is 59.0 Å². The molecular weight excluding hydrogens is 240 g/mol. The van der Waals surface area contributed by atoms with Gasteiger partial charge in [-0.05, 0) is 38.1 Å². The van der Waals surface area contributed by atoms with Crippen LogP contribution in [0, 0.1) is 11.3 Å². The molecule has 1 aliphatic carbocycles. The molecule has 1 aliphatic heterocycles. The third-order valence-electron chi connectivity index (χ3n) is 4.44. The zero-order chi connectivity index (χ0) is 13.3. The number of piperidine rings is 1. The Bertz CT molecular complexity index is 436. The second kappa shape index (κ2) is 4.96. The smallest absolute Gasteiger partial charge is 0.224 e. The van der Waals surface area contributed by atoms with E-state index in [0.29, 0.717) is 0 Å². The number of rotatable bonds is 4. The number of carbonyl (C=O) groups excluding carboxylic acids is 1. The first kappa shape index (κ1) is 12.7. The van der Waals surface area contributed by atoms with E-state index in [1.165, 1.54) is 12.8 Å². The van der Waals surface area contributed by atoms with Crippen LogP contribution in [0.25, 0.3) is 0 Å². The molecule has 1 saturated carbocycles. The van der Waals surface area contributed by atoms with E-state index in [1.807, 2.05) is 17.7 Å². The Labute approximate surface area is 113 Å². The molecule has 0 bridgehead atoms. The van der Waals surface area contributed by atoms with Gasteiger partial charge in [0.2, 0.25) is 5.91 Å². The van der Waals surface area contributed by atoms with Gasteiger partial charge in [-0.25, -0.2) is 4.98 Å². The van der Waals surface area contributed by atoms with Crippen LogP contribution in [0.4, 0.5) is 0 Å². The van der Waals surface area contributed by atoms with Crippen LogP contribution in [0.3, 0.4) is 0 Å². The monoisotopic (exact) mass is 262 g/mol. The van der Waals surface area contributed by atoms with Crippen LogP contribution < -0.4 is 10.6 Å². The van der Waals surface area contributed by atoms with Crippen molar-refractivity contribution in [2.75, 3.05) is 13.1 Å². The number of imidazole rings is 1. The lowest BCUT2D eigenvalue weighted by atomic mass is 9.93. The second-order valence-corrected chi connectivity index (χ2v) is 6.07. The molecule has 104 valence electrons. The summed E-state index contributed by atoms with van der Waals surface area (Å²) in [5.41, 5.74) is 0.275. The van der Waals surface area contributed by atoms with Crippen LogP contribution in [0.15, 0.2) is 18.7 Å². The summed E-state index contributed by atoms with van der Waals surface area (Å²) in [6.45, 7) is 4.95. The number of hydrogen-bond donors (Lipinski definition) is 2. The van der Waals surface area contributed by atoms with Crippen LogP contribution in [-0.2, 0) is 11.3 Å². The van der Waals surface area contributed by atoms with E-state index in [0.717, 1.165) is 26.1 Å². The molecule has 1 aromatic heterocycles. The maximum absolute atomic E-state index is 12.3. The summed E-state index contributed by atoms with van der Waals surface area (Å²) in [4.78, 5) is 16.3. The lowest BCUT2D eigenvalue weighted by Crippen LogP contribution is -2.40. The van der Waals surface area contributed by atoms with Crippen molar-refractivity contribution in [1.29, 1.82) is 0 Å². The van der Waals surface area contributed by atoms with Crippen molar-refractivity contribution in [3.05, 3.63) is 18.7 Å². The standard InChI is InChI=1S/C14H22N4O/c1-11(8-18-6-5-16-10-18)17-13(19)12-7-14(12)3-2-4-15-9-14/h5-6,10-12,15H,2-4,7-9H2,1H3,(H,17,19). The van der Waals surface area contributed by atoms with Gasteiger partial charge in [0.25, 0.3) is 0 Å². The molecule has 0 aromatic carbocycles. The minimum absolute atomic E-state index is 0.149. The molecule has 19 heavy (non-hydrogen) atoms. The second-order valence-electron chi connectivity index (χ2n) is 6.07. The molecule has 2 fully saturated rings. The molecule has 5 nitrogen and oxygen atoms in total. The summed E-state index contributed by atoms with van der Waals surface area (Å²) in [6, 6.07) is 0.149. The number of carbonyl (C=O) groups is 1. The molecular formula is C14H22N4O. The maximum Gasteiger partial charge on any atom is 0.224 e. The Morgan fingerprint density at radius 3 is 3.26 bits per heavy atom. The molecule has 5 heteroatoms. The first-order valence-electron chi connectivity index (χ1n) is 7.16. The predicted molar refractivity (Wildman–Crippen MR) is 72.5 cm³/mol. The molecule has 1 saturated heterocycles. The highest BCUT2D eigenvalue weighted by atomic mass is 16.2. The lowest BCUT2D eigenvalue weighted by Gasteiger charge is -2.24. The fourth-order valence-electron chi connectivity index (χ4n) is 3.28. The Morgan fingerprint density at radius 2 is 2.58 bits per heavy atom. The van der Waals surface area contributed by atoms with E-state index < -0.39 is 0 Å². The summed E-state index contributed by atoms with van der Waals surface area (Å²) >= 11 is 0. The largest absolute Gasteiger partial charge is 0.352 e. The molecule has 0 radical (unpaired) electrons. The number of hydrogen-bond acceptors (Lipinski definition) is 3. The molecule has 3 rings (SSSR count). The average molecular weight is 262 g/mol. The average Bonchev–Trinajstić information content (AvgIpc) is 2.84. The molecule has 1 spiro atoms. The van der Waals surface area contributed by atoms with Crippen LogP contribution in [0.1, 0.15) is 26.2 Å². The molecule has 2 heterocycles. The third-order valence-corrected chi connectivity index (χ3v) is 4.44. The van der Waals surface area contributed by atoms with Gasteiger partial charge in [-0.3, -0.25) is 4.79 Å². The van der Waals surface area contributed by atoms with Gasteiger partial charge in [0.15, 0.2) is 0 Å². The van der Waals surface area contributed by atoms with Crippen molar-refractivity contribution in [3.63, 3.8) is 0 Å². The minimum atomic E-state index is 0.149. The third kappa shape index (κ3) is 2.66. The normalized spacial score (nSPS) is 31.1. The van der Waals surface area contributed by atoms with Crippen LogP contribution in [0.5, 0.6) is 0 Å². The van der Waals surface area contributed by atoms with Gasteiger partial charge in [0.1, 0.15) is 0 Å². The molecule has 2 aliphatic rings. The number of amides is 1. The van der Waals surface area contributed by atoms with Gasteiger partial charge in [-0.15, -0.1) is 0 Å². The SMILES string of the molecule is CC(Cn1ccnc1)NC(=O)C1CC12CCCNC2. The number of aromatic nitrogens is 2. The highest BCUT2D eigenvalue weighted by molar-refractivity contribution is 5.82. The zero-order valence-electron chi connectivity index (χ0n) is 11.4. The summed E-state index contributed by atoms with van der Waals surface area (Å²) < 4.78 is 2.00. The Kier molecular flexibility index (Phi) is 3.31. The van der Waals surface area contributed by atoms with Crippen molar-refractivity contribution in [3.8, 4) is 0 Å². The number of nitrogens with zero attached hydrogens (tertiary/aromatic N) is 2. The Morgan fingerprint density at radius 1 is 1.68 bits per heavy atom. The van der Waals surface area contributed by atoms with E-state index in [1.54, 1.807) is 12.5 Å². The summed E-state index contributed by atoms with van der Waals surface area (Å²) in [5, 5.41) is 6.56. The zero-order valence-corrected chi connectivity index (χ0v) is 11.4. The summed E-state index contributed by atoms with van der Waals surface area (Å²) in [7, 11) is 0. The van der Waals surface area contributed by atoms with E-state index in [2.05, 4.69) is 15.6 Å². The maximum atomic E-state index is 12.3. The van der Waals surface area contributed by atoms with Gasteiger partial charge in [-0.1, -0.05) is 0 Å². The first-order chi connectivity index (χ1) is 9.20. The van der Waals surface area contributed by atoms with Crippen molar-refractivity contribution < 1.29 is 4.79 Å². The van der Waals surface area contributed by atoms with Crippen LogP contribution in [-0.4, -0.2) is 34.6 Å². The van der Waals surface area contributed by atoms with E-state index in [9.17, 15) is 4.79 Å². The molecule has 3 atom stereocenters. The van der Waals surface area contributed by atoms with E-state index >= 15 is 0 Å². The molecule has 1 aromatic rings. The van der Waals surface area contributed by atoms with Gasteiger partial charge < -0.3 is 15.2 Å². The Hall–Kier alpha value is -1.36. The predicted octanol–water partition coefficient (Wildman–Crippen LogP) is 0.777. The van der Waals surface area contributed by atoms with E-state index in [-0.39, 0.29) is 23.3 Å². The summed E-state index contributed by atoms with van der Waals surface area (Å²) in [6.07, 6.45) is 8.93. The quantitative estimate of drug-likeness (QED) is 0.843. The van der Waals surface area contributed by atoms with Crippen LogP contribution >= 0.6 is 0 Å². The highest BCUT2D eigenvalue weighted by Gasteiger charge is 2.57. The van der Waals surface area contributed by atoms with Crippen molar-refractivity contribution >= 4 is 5.91 Å². The van der Waals surface area contributed by atoms with Gasteiger partial charge >= 0.3 is 0 Å². The first-order valence-corrected chi connectivity index (χ1v) is 7.16. The van der Waals surface area contributed by atoms with Gasteiger partial charge in [0, 0.05) is 37.4 Å². The highest BCUT2D eigenvalue weighted by Crippen LogP contribution is 2.56. The van der Waals surface area contributed by atoms with Gasteiger partial charge in [-0.2, -0.15) is 0 Å². The van der Waals surface area contributed by atoms with Gasteiger partial charge in [0.05, 0.1) is 6.33 Å². The van der Waals surface area contributed by atoms with Crippen molar-refractivity contribution in [1.82, 2.24) is 20.2 Å². The fourth-order valence-corrected chi connectivity index (χ4v) is 3.28. The Balaban J connectivity index is 1.49.